The van der Waals surface area contributed by atoms with Crippen molar-refractivity contribution >= 4 is 11.7 Å². The molecule has 1 aromatic rings. The molecule has 0 aliphatic carbocycles. The van der Waals surface area contributed by atoms with Gasteiger partial charge in [0, 0.05) is 12.5 Å². The van der Waals surface area contributed by atoms with Gasteiger partial charge in [-0.1, -0.05) is 19.8 Å². The molecule has 1 aliphatic heterocycles. The molecular weight excluding hydrogens is 206 g/mol. The Kier molecular flexibility index (Phi) is 4.09. The monoisotopic (exact) mass is 225 g/mol. The van der Waals surface area contributed by atoms with Crippen molar-refractivity contribution in [2.45, 2.75) is 38.5 Å². The zero-order chi connectivity index (χ0) is 10.5. The summed E-state index contributed by atoms with van der Waals surface area (Å²) in [5, 5.41) is 3.47. The molecule has 15 heavy (non-hydrogen) atoms. The largest absolute Gasteiger partial charge is 0.316 e. The van der Waals surface area contributed by atoms with Crippen LogP contribution in [0, 0.1) is 5.92 Å². The number of hydrogen-bond acceptors (Lipinski definition) is 4. The maximum absolute atomic E-state index is 4.39. The third-order valence-corrected chi connectivity index (χ3v) is 3.80. The Morgan fingerprint density at radius 3 is 3.27 bits per heavy atom. The standard InChI is InChI=1S/C11H19N3S/c1-2-3-4-9-5-6-12-7-10(9)11-8-13-15-14-11/h8-10,12H,2-7H2,1H3. The van der Waals surface area contributed by atoms with Crippen LogP contribution in [0.3, 0.4) is 0 Å². The predicted molar refractivity (Wildman–Crippen MR) is 63.2 cm³/mol. The highest BCUT2D eigenvalue weighted by Gasteiger charge is 2.27. The van der Waals surface area contributed by atoms with Crippen LogP contribution in [0.5, 0.6) is 0 Å². The van der Waals surface area contributed by atoms with Gasteiger partial charge in [0.25, 0.3) is 0 Å². The van der Waals surface area contributed by atoms with Crippen molar-refractivity contribution in [3.8, 4) is 0 Å². The molecule has 4 heteroatoms. The topological polar surface area (TPSA) is 37.8 Å². The zero-order valence-corrected chi connectivity index (χ0v) is 10.1. The first-order valence-electron chi connectivity index (χ1n) is 5.90. The van der Waals surface area contributed by atoms with Crippen molar-refractivity contribution in [3.63, 3.8) is 0 Å². The van der Waals surface area contributed by atoms with E-state index in [9.17, 15) is 0 Å². The van der Waals surface area contributed by atoms with Crippen LogP contribution in [0.25, 0.3) is 0 Å². The van der Waals surface area contributed by atoms with Crippen molar-refractivity contribution in [3.05, 3.63) is 11.9 Å². The minimum absolute atomic E-state index is 0.601. The van der Waals surface area contributed by atoms with Crippen molar-refractivity contribution in [1.82, 2.24) is 14.1 Å². The average Bonchev–Trinajstić information content (AvgIpc) is 2.80. The first-order valence-corrected chi connectivity index (χ1v) is 6.63. The minimum atomic E-state index is 0.601. The molecule has 1 fully saturated rings. The van der Waals surface area contributed by atoms with E-state index in [0.29, 0.717) is 5.92 Å². The van der Waals surface area contributed by atoms with Gasteiger partial charge in [-0.15, -0.1) is 0 Å². The van der Waals surface area contributed by atoms with Crippen molar-refractivity contribution in [2.75, 3.05) is 13.1 Å². The molecule has 2 heterocycles. The Bertz CT molecular complexity index is 273. The first kappa shape index (κ1) is 11.0. The quantitative estimate of drug-likeness (QED) is 0.855. The second-order valence-electron chi connectivity index (χ2n) is 4.33. The van der Waals surface area contributed by atoms with Gasteiger partial charge in [-0.2, -0.15) is 8.75 Å². The normalized spacial score (nSPS) is 26.7. The summed E-state index contributed by atoms with van der Waals surface area (Å²) in [5.74, 6) is 1.42. The van der Waals surface area contributed by atoms with Crippen LogP contribution in [0.4, 0.5) is 0 Å². The number of aromatic nitrogens is 2. The SMILES string of the molecule is CCCCC1CCNCC1c1cnsn1. The Hall–Kier alpha value is -0.480. The van der Waals surface area contributed by atoms with E-state index >= 15 is 0 Å². The minimum Gasteiger partial charge on any atom is -0.316 e. The van der Waals surface area contributed by atoms with Crippen LogP contribution in [0.1, 0.15) is 44.2 Å². The van der Waals surface area contributed by atoms with E-state index in [2.05, 4.69) is 21.0 Å². The second kappa shape index (κ2) is 5.56. The maximum atomic E-state index is 4.39. The average molecular weight is 225 g/mol. The molecule has 0 spiro atoms. The van der Waals surface area contributed by atoms with Gasteiger partial charge in [0.15, 0.2) is 0 Å². The molecule has 1 saturated heterocycles. The molecule has 2 rings (SSSR count). The van der Waals surface area contributed by atoms with Crippen molar-refractivity contribution in [2.24, 2.45) is 5.92 Å². The molecule has 1 aliphatic rings. The third-order valence-electron chi connectivity index (χ3n) is 3.31. The molecule has 1 N–H and O–H groups in total. The summed E-state index contributed by atoms with van der Waals surface area (Å²) in [7, 11) is 0. The van der Waals surface area contributed by atoms with Gasteiger partial charge in [-0.25, -0.2) is 0 Å². The molecule has 3 nitrogen and oxygen atoms in total. The first-order chi connectivity index (χ1) is 7.42. The van der Waals surface area contributed by atoms with Crippen LogP contribution in [0.15, 0.2) is 6.20 Å². The van der Waals surface area contributed by atoms with Crippen LogP contribution >= 0.6 is 11.7 Å². The van der Waals surface area contributed by atoms with E-state index in [4.69, 9.17) is 0 Å². The van der Waals surface area contributed by atoms with E-state index in [1.165, 1.54) is 49.7 Å². The summed E-state index contributed by atoms with van der Waals surface area (Å²) in [4.78, 5) is 0. The molecular formula is C11H19N3S. The highest BCUT2D eigenvalue weighted by molar-refractivity contribution is 6.99. The van der Waals surface area contributed by atoms with Gasteiger partial charge in [0.2, 0.25) is 0 Å². The Labute approximate surface area is 95.6 Å². The molecule has 2 atom stereocenters. The molecule has 0 saturated carbocycles. The van der Waals surface area contributed by atoms with Crippen LogP contribution in [0.2, 0.25) is 0 Å². The summed E-state index contributed by atoms with van der Waals surface area (Å²) in [6, 6.07) is 0. The Morgan fingerprint density at radius 1 is 1.60 bits per heavy atom. The van der Waals surface area contributed by atoms with Crippen molar-refractivity contribution < 1.29 is 0 Å². The van der Waals surface area contributed by atoms with Crippen LogP contribution in [-0.4, -0.2) is 21.8 Å². The fraction of sp³-hybridized carbons (Fsp3) is 0.818. The smallest absolute Gasteiger partial charge is 0.0789 e. The Morgan fingerprint density at radius 2 is 2.53 bits per heavy atom. The van der Waals surface area contributed by atoms with Gasteiger partial charge in [-0.3, -0.25) is 0 Å². The van der Waals surface area contributed by atoms with Gasteiger partial charge >= 0.3 is 0 Å². The lowest BCUT2D eigenvalue weighted by atomic mass is 9.81. The van der Waals surface area contributed by atoms with Gasteiger partial charge < -0.3 is 5.32 Å². The molecule has 0 aromatic carbocycles. The predicted octanol–water partition coefficient (Wildman–Crippen LogP) is 2.42. The second-order valence-corrected chi connectivity index (χ2v) is 4.89. The third kappa shape index (κ3) is 2.75. The summed E-state index contributed by atoms with van der Waals surface area (Å²) < 4.78 is 8.50. The fourth-order valence-electron chi connectivity index (χ4n) is 2.41. The molecule has 84 valence electrons. The van der Waals surface area contributed by atoms with E-state index in [1.54, 1.807) is 0 Å². The molecule has 2 unspecified atom stereocenters. The number of rotatable bonds is 4. The van der Waals surface area contributed by atoms with Crippen LogP contribution in [-0.2, 0) is 0 Å². The van der Waals surface area contributed by atoms with Crippen LogP contribution < -0.4 is 5.32 Å². The molecule has 0 bridgehead atoms. The van der Waals surface area contributed by atoms with Gasteiger partial charge in [0.05, 0.1) is 23.6 Å². The summed E-state index contributed by atoms with van der Waals surface area (Å²) in [5.41, 5.74) is 1.20. The number of nitrogens with one attached hydrogen (secondary N) is 1. The fourth-order valence-corrected chi connectivity index (χ4v) is 2.89. The molecule has 0 amide bonds. The highest BCUT2D eigenvalue weighted by atomic mass is 32.1. The summed E-state index contributed by atoms with van der Waals surface area (Å²) >= 11 is 1.33. The summed E-state index contributed by atoms with van der Waals surface area (Å²) in [6.07, 6.45) is 7.23. The summed E-state index contributed by atoms with van der Waals surface area (Å²) in [6.45, 7) is 4.52. The van der Waals surface area contributed by atoms with Gasteiger partial charge in [-0.05, 0) is 25.3 Å². The Balaban J connectivity index is 1.99. The van der Waals surface area contributed by atoms with Gasteiger partial charge in [0.1, 0.15) is 0 Å². The van der Waals surface area contributed by atoms with E-state index < -0.39 is 0 Å². The highest BCUT2D eigenvalue weighted by Crippen LogP contribution is 2.31. The van der Waals surface area contributed by atoms with E-state index in [-0.39, 0.29) is 0 Å². The zero-order valence-electron chi connectivity index (χ0n) is 9.28. The van der Waals surface area contributed by atoms with Crippen molar-refractivity contribution in [1.29, 1.82) is 0 Å². The lowest BCUT2D eigenvalue weighted by Crippen LogP contribution is -2.35. The number of nitrogens with zero attached hydrogens (tertiary/aromatic N) is 2. The van der Waals surface area contributed by atoms with E-state index in [0.717, 1.165) is 12.5 Å². The number of unbranched alkanes of at least 4 members (excludes halogenated alkanes) is 1. The molecule has 0 radical (unpaired) electrons. The number of piperidine rings is 1. The number of hydrogen-bond donors (Lipinski definition) is 1. The van der Waals surface area contributed by atoms with E-state index in [1.807, 2.05) is 6.20 Å². The maximum Gasteiger partial charge on any atom is 0.0789 e. The molecule has 1 aromatic heterocycles. The lowest BCUT2D eigenvalue weighted by Gasteiger charge is -2.30. The lowest BCUT2D eigenvalue weighted by molar-refractivity contribution is 0.297.